The van der Waals surface area contributed by atoms with Crippen LogP contribution in [0.3, 0.4) is 0 Å². The van der Waals surface area contributed by atoms with Gasteiger partial charge in [-0.1, -0.05) is 24.3 Å². The summed E-state index contributed by atoms with van der Waals surface area (Å²) >= 11 is 1.06. The van der Waals surface area contributed by atoms with E-state index in [1.807, 2.05) is 0 Å². The van der Waals surface area contributed by atoms with Crippen LogP contribution in [-0.2, 0) is 25.8 Å². The van der Waals surface area contributed by atoms with Crippen molar-refractivity contribution in [2.75, 3.05) is 18.5 Å². The van der Waals surface area contributed by atoms with E-state index in [4.69, 9.17) is 13.9 Å². The van der Waals surface area contributed by atoms with Crippen LogP contribution in [0, 0.1) is 0 Å². The summed E-state index contributed by atoms with van der Waals surface area (Å²) in [7, 11) is 0. The van der Waals surface area contributed by atoms with Gasteiger partial charge in [-0.2, -0.15) is 0 Å². The number of rotatable bonds is 2. The number of hydrogen-bond acceptors (Lipinski definition) is 6. The Morgan fingerprint density at radius 3 is 2.04 bits per heavy atom. The monoisotopic (exact) mass is 372 g/mol. The van der Waals surface area contributed by atoms with Crippen LogP contribution in [0.15, 0.2) is 60.3 Å². The number of benzene rings is 1. The first-order chi connectivity index (χ1) is 11.6. The maximum absolute atomic E-state index is 11.4. The van der Waals surface area contributed by atoms with Gasteiger partial charge in [0, 0.05) is 25.0 Å². The van der Waals surface area contributed by atoms with E-state index >= 15 is 0 Å². The molecule has 131 valence electrons. The van der Waals surface area contributed by atoms with E-state index in [-0.39, 0.29) is 24.7 Å². The molecule has 0 aromatic heterocycles. The van der Waals surface area contributed by atoms with Crippen molar-refractivity contribution < 1.29 is 41.2 Å². The number of allylic oxidation sites excluding steroid dienone is 5. The Hall–Kier alpha value is -1.99. The standard InChI is InChI=1S/C13H11NO2.2C2H6O.O.V/c15-12-7-3-1-5-10(12)9-14-11-6-2-4-8-13(11)16;2*1-2-3;;/h1-9,14,16H;2*3H,2H2,1H3;;/b10-9-;;;;. The fraction of sp³-hybridized carbons (Fsp3) is 0.235. The third-order valence-electron chi connectivity index (χ3n) is 2.21. The van der Waals surface area contributed by atoms with Crippen molar-refractivity contribution in [1.82, 2.24) is 0 Å². The van der Waals surface area contributed by atoms with Gasteiger partial charge in [-0.3, -0.25) is 4.79 Å². The molecular weight excluding hydrogens is 349 g/mol. The minimum absolute atomic E-state index is 0.0505. The summed E-state index contributed by atoms with van der Waals surface area (Å²) in [5, 5.41) is 27.5. The number of carbonyl (C=O) groups excluding carboxylic acids is 1. The first-order valence-electron chi connectivity index (χ1n) is 7.14. The number of aliphatic hydroxyl groups excluding tert-OH is 2. The van der Waals surface area contributed by atoms with Crippen molar-refractivity contribution in [3.63, 3.8) is 0 Å². The van der Waals surface area contributed by atoms with Crippen LogP contribution in [0.5, 0.6) is 5.75 Å². The van der Waals surface area contributed by atoms with Gasteiger partial charge in [0.2, 0.25) is 0 Å². The first-order valence-corrected chi connectivity index (χ1v) is 7.71. The Kier molecular flexibility index (Phi) is 17.6. The molecule has 0 radical (unpaired) electrons. The summed E-state index contributed by atoms with van der Waals surface area (Å²) < 4.78 is 8.19. The van der Waals surface area contributed by atoms with Gasteiger partial charge in [-0.25, -0.2) is 0 Å². The molecule has 6 nitrogen and oxygen atoms in total. The van der Waals surface area contributed by atoms with Crippen molar-refractivity contribution >= 4 is 11.5 Å². The molecule has 0 spiro atoms. The van der Waals surface area contributed by atoms with Crippen LogP contribution < -0.4 is 5.32 Å². The SMILES string of the molecule is CCO.CCO.O=C1C=CC=C/C1=C/Nc1ccccc1O.[O]=[V]. The summed E-state index contributed by atoms with van der Waals surface area (Å²) in [4.78, 5) is 11.4. The number of nitrogens with one attached hydrogen (secondary N) is 1. The van der Waals surface area contributed by atoms with E-state index in [1.165, 1.54) is 6.08 Å². The Bertz CT molecular complexity index is 554. The second kappa shape index (κ2) is 17.4. The van der Waals surface area contributed by atoms with Gasteiger partial charge in [0.05, 0.1) is 5.69 Å². The molecule has 1 aromatic rings. The molecule has 0 unspecified atom stereocenters. The molecule has 0 atom stereocenters. The van der Waals surface area contributed by atoms with E-state index in [0.29, 0.717) is 11.3 Å². The predicted molar refractivity (Wildman–Crippen MR) is 89.3 cm³/mol. The normalized spacial score (nSPS) is 12.8. The molecule has 0 fully saturated rings. The Morgan fingerprint density at radius 2 is 1.54 bits per heavy atom. The molecule has 0 heterocycles. The number of ketones is 1. The van der Waals surface area contributed by atoms with Crippen molar-refractivity contribution in [2.45, 2.75) is 13.8 Å². The molecule has 1 aliphatic rings. The molecule has 0 aliphatic heterocycles. The maximum atomic E-state index is 11.4. The predicted octanol–water partition coefficient (Wildman–Crippen LogP) is 2.26. The zero-order valence-corrected chi connectivity index (χ0v) is 15.1. The summed E-state index contributed by atoms with van der Waals surface area (Å²) in [5.41, 5.74) is 1.14. The third kappa shape index (κ3) is 11.6. The second-order valence-electron chi connectivity index (χ2n) is 3.98. The van der Waals surface area contributed by atoms with Crippen molar-refractivity contribution in [3.05, 3.63) is 60.3 Å². The van der Waals surface area contributed by atoms with Crippen LogP contribution in [0.25, 0.3) is 0 Å². The first kappa shape index (κ1) is 24.3. The fourth-order valence-corrected chi connectivity index (χ4v) is 1.35. The number of carbonyl (C=O) groups is 1. The Balaban J connectivity index is 0. The molecule has 0 bridgehead atoms. The molecular formula is C17H23NO5V. The number of aliphatic hydroxyl groups is 2. The fourth-order valence-electron chi connectivity index (χ4n) is 1.35. The zero-order valence-electron chi connectivity index (χ0n) is 13.7. The molecule has 0 saturated heterocycles. The number of phenolic OH excluding ortho intramolecular Hbond substituents is 1. The van der Waals surface area contributed by atoms with Gasteiger partial charge in [0.15, 0.2) is 5.78 Å². The van der Waals surface area contributed by atoms with Gasteiger partial charge in [-0.05, 0) is 38.1 Å². The molecule has 0 amide bonds. The molecule has 2 rings (SSSR count). The number of aromatic hydroxyl groups is 1. The van der Waals surface area contributed by atoms with E-state index in [1.54, 1.807) is 62.5 Å². The summed E-state index contributed by atoms with van der Waals surface area (Å²) in [6, 6.07) is 6.86. The van der Waals surface area contributed by atoms with Crippen LogP contribution in [0.2, 0.25) is 0 Å². The van der Waals surface area contributed by atoms with Crippen molar-refractivity contribution in [3.8, 4) is 5.75 Å². The van der Waals surface area contributed by atoms with Crippen LogP contribution in [0.4, 0.5) is 5.69 Å². The quantitative estimate of drug-likeness (QED) is 0.469. The molecule has 0 saturated carbocycles. The van der Waals surface area contributed by atoms with Gasteiger partial charge in [0.1, 0.15) is 5.75 Å². The average Bonchev–Trinajstić information content (AvgIpc) is 2.59. The van der Waals surface area contributed by atoms with Gasteiger partial charge >= 0.3 is 21.0 Å². The zero-order chi connectivity index (χ0) is 18.8. The topological polar surface area (TPSA) is 107 Å². The van der Waals surface area contributed by atoms with Crippen LogP contribution in [-0.4, -0.2) is 34.3 Å². The van der Waals surface area contributed by atoms with Crippen LogP contribution in [0.1, 0.15) is 13.8 Å². The van der Waals surface area contributed by atoms with E-state index in [2.05, 4.69) is 5.32 Å². The van der Waals surface area contributed by atoms with E-state index < -0.39 is 0 Å². The average molecular weight is 372 g/mol. The van der Waals surface area contributed by atoms with E-state index in [0.717, 1.165) is 17.4 Å². The second-order valence-corrected chi connectivity index (χ2v) is 3.98. The van der Waals surface area contributed by atoms with Gasteiger partial charge in [0.25, 0.3) is 0 Å². The molecule has 7 heteroatoms. The molecule has 1 aromatic carbocycles. The van der Waals surface area contributed by atoms with Crippen LogP contribution >= 0.6 is 0 Å². The summed E-state index contributed by atoms with van der Waals surface area (Å²) in [6.07, 6.45) is 8.28. The number of hydrogen-bond donors (Lipinski definition) is 4. The minimum atomic E-state index is -0.0505. The number of phenols is 1. The summed E-state index contributed by atoms with van der Waals surface area (Å²) in [5.74, 6) is 0.104. The van der Waals surface area contributed by atoms with Gasteiger partial charge in [-0.15, -0.1) is 0 Å². The Morgan fingerprint density at radius 1 is 1.04 bits per heavy atom. The van der Waals surface area contributed by atoms with E-state index in [9.17, 15) is 9.90 Å². The summed E-state index contributed by atoms with van der Waals surface area (Å²) in [6.45, 7) is 3.86. The van der Waals surface area contributed by atoms with Crippen molar-refractivity contribution in [2.24, 2.45) is 0 Å². The third-order valence-corrected chi connectivity index (χ3v) is 2.21. The van der Waals surface area contributed by atoms with Gasteiger partial charge < -0.3 is 20.6 Å². The molecule has 1 aliphatic carbocycles. The number of anilines is 1. The number of para-hydroxylation sites is 2. The van der Waals surface area contributed by atoms with Crippen molar-refractivity contribution in [1.29, 1.82) is 0 Å². The molecule has 24 heavy (non-hydrogen) atoms. The molecule has 4 N–H and O–H groups in total. The Labute approximate surface area is 151 Å².